The summed E-state index contributed by atoms with van der Waals surface area (Å²) in [6.45, 7) is 5.49. The van der Waals surface area contributed by atoms with E-state index in [-0.39, 0.29) is 42.3 Å². The van der Waals surface area contributed by atoms with Gasteiger partial charge < -0.3 is 25.3 Å². The third kappa shape index (κ3) is 7.98. The van der Waals surface area contributed by atoms with Gasteiger partial charge in [-0.15, -0.1) is 0 Å². The lowest BCUT2D eigenvalue weighted by Crippen LogP contribution is -2.49. The molecule has 1 amide bonds. The van der Waals surface area contributed by atoms with Crippen LogP contribution in [0.3, 0.4) is 0 Å². The van der Waals surface area contributed by atoms with Crippen LogP contribution in [0.15, 0.2) is 60.7 Å². The van der Waals surface area contributed by atoms with Gasteiger partial charge in [0.05, 0.1) is 36.3 Å². The molecule has 4 rings (SSSR count). The second-order valence-corrected chi connectivity index (χ2v) is 11.4. The first-order valence-corrected chi connectivity index (χ1v) is 13.8. The molecule has 1 aliphatic heterocycles. The van der Waals surface area contributed by atoms with E-state index in [0.29, 0.717) is 28.5 Å². The molecule has 0 saturated heterocycles. The van der Waals surface area contributed by atoms with Gasteiger partial charge in [-0.05, 0) is 98.7 Å². The Kier molecular flexibility index (Phi) is 10.6. The maximum atomic E-state index is 13.3. The average Bonchev–Trinajstić information content (AvgIpc) is 2.89. The molecule has 1 aliphatic rings. The number of aliphatic hydroxyl groups is 2. The van der Waals surface area contributed by atoms with Crippen LogP contribution in [-0.4, -0.2) is 55.5 Å². The number of halogens is 2. The van der Waals surface area contributed by atoms with Gasteiger partial charge in [0.1, 0.15) is 5.75 Å². The lowest BCUT2D eigenvalue weighted by Gasteiger charge is -2.42. The number of aliphatic hydroxyl groups excluding tert-OH is 1. The number of fused-ring (bicyclic) bond motifs is 1. The summed E-state index contributed by atoms with van der Waals surface area (Å²) in [6, 6.07) is 16.2. The minimum absolute atomic E-state index is 0.0741. The zero-order valence-corrected chi connectivity index (χ0v) is 24.3. The van der Waals surface area contributed by atoms with E-state index in [2.05, 4.69) is 6.07 Å². The van der Waals surface area contributed by atoms with Crippen LogP contribution in [0.25, 0.3) is 0 Å². The van der Waals surface area contributed by atoms with Crippen molar-refractivity contribution in [3.63, 3.8) is 0 Å². The van der Waals surface area contributed by atoms with Crippen LogP contribution in [0.1, 0.15) is 65.8 Å². The number of aryl methyl sites for hydroxylation is 1. The first-order chi connectivity index (χ1) is 18.8. The molecule has 0 unspecified atom stereocenters. The van der Waals surface area contributed by atoms with E-state index in [1.807, 2.05) is 32.9 Å². The molecule has 0 fully saturated rings. The molecule has 214 valence electrons. The Labute approximate surface area is 244 Å². The number of aromatic hydroxyl groups is 1. The molecule has 1 heterocycles. The highest BCUT2D eigenvalue weighted by Gasteiger charge is 2.36. The zero-order valence-electron chi connectivity index (χ0n) is 22.8. The van der Waals surface area contributed by atoms with Crippen molar-refractivity contribution < 1.29 is 30.0 Å². The minimum Gasteiger partial charge on any atom is -0.508 e. The third-order valence-electron chi connectivity index (χ3n) is 7.02. The summed E-state index contributed by atoms with van der Waals surface area (Å²) in [5.74, 6) is -1.02. The van der Waals surface area contributed by atoms with Gasteiger partial charge in [0.25, 0.3) is 0 Å². The summed E-state index contributed by atoms with van der Waals surface area (Å²) >= 11 is 12.5. The van der Waals surface area contributed by atoms with E-state index >= 15 is 0 Å². The molecule has 3 aromatic rings. The number of carboxylic acid groups (broad SMARTS) is 1. The number of hydrogen-bond acceptors (Lipinski definition) is 5. The highest BCUT2D eigenvalue weighted by atomic mass is 35.5. The van der Waals surface area contributed by atoms with Crippen LogP contribution < -0.4 is 0 Å². The van der Waals surface area contributed by atoms with Gasteiger partial charge in [0.2, 0.25) is 5.91 Å². The van der Waals surface area contributed by atoms with Gasteiger partial charge in [-0.1, -0.05) is 47.5 Å². The van der Waals surface area contributed by atoms with Gasteiger partial charge in [-0.3, -0.25) is 4.79 Å². The maximum Gasteiger partial charge on any atom is 0.335 e. The number of phenolic OH excluding ortho intramolecular Hbond substituents is 1. The van der Waals surface area contributed by atoms with Crippen molar-refractivity contribution >= 4 is 35.1 Å². The van der Waals surface area contributed by atoms with Crippen LogP contribution in [-0.2, 0) is 24.1 Å². The minimum atomic E-state index is -0.986. The molecular weight excluding hydrogens is 553 g/mol. The lowest BCUT2D eigenvalue weighted by atomic mass is 9.83. The number of amides is 1. The molecular formula is C31H35Cl2NO6. The molecule has 0 aromatic heterocycles. The van der Waals surface area contributed by atoms with Crippen molar-refractivity contribution in [1.29, 1.82) is 0 Å². The smallest absolute Gasteiger partial charge is 0.335 e. The summed E-state index contributed by atoms with van der Waals surface area (Å²) in [5.41, 5.74) is 3.48. The van der Waals surface area contributed by atoms with Crippen LogP contribution in [0, 0.1) is 0 Å². The molecule has 40 heavy (non-hydrogen) atoms. The average molecular weight is 589 g/mol. The fourth-order valence-corrected chi connectivity index (χ4v) is 5.42. The number of carboxylic acids is 1. The van der Waals surface area contributed by atoms with E-state index in [0.717, 1.165) is 12.0 Å². The topological polar surface area (TPSA) is 118 Å². The van der Waals surface area contributed by atoms with Crippen LogP contribution in [0.2, 0.25) is 10.0 Å². The summed E-state index contributed by atoms with van der Waals surface area (Å²) < 4.78 is 0. The second kappa shape index (κ2) is 13.5. The van der Waals surface area contributed by atoms with E-state index in [9.17, 15) is 19.8 Å². The van der Waals surface area contributed by atoms with Gasteiger partial charge in [-0.2, -0.15) is 0 Å². The number of rotatable bonds is 7. The molecule has 7 nitrogen and oxygen atoms in total. The summed E-state index contributed by atoms with van der Waals surface area (Å²) in [5, 5.41) is 38.3. The lowest BCUT2D eigenvalue weighted by molar-refractivity contribution is -0.137. The summed E-state index contributed by atoms with van der Waals surface area (Å²) in [4.78, 5) is 25.3. The van der Waals surface area contributed by atoms with Crippen molar-refractivity contribution in [3.05, 3.63) is 98.5 Å². The first-order valence-electron chi connectivity index (χ1n) is 13.0. The number of nitrogens with zero attached hydrogens (tertiary/aromatic N) is 1. The summed E-state index contributed by atoms with van der Waals surface area (Å²) in [6.07, 6.45) is 2.07. The monoisotopic (exact) mass is 587 g/mol. The number of hydrogen-bond donors (Lipinski definition) is 4. The van der Waals surface area contributed by atoms with Crippen LogP contribution >= 0.6 is 23.2 Å². The van der Waals surface area contributed by atoms with E-state index < -0.39 is 11.6 Å². The zero-order chi connectivity index (χ0) is 29.6. The van der Waals surface area contributed by atoms with Crippen LogP contribution in [0.4, 0.5) is 0 Å². The standard InChI is InChI=1S/C24H29Cl2NO3.C7H6O3/c1-15-18-7-4-6-16(10-11-24(2,3)30)19(18)12-17(14-28)27(15)23(29)13-20-21(25)8-5-9-22(20)26;8-6-3-1-5(2-4-6)7(9)10/h4-9,15,17,28,30H,10-14H2,1-3H3;1-4,8H,(H,9,10)/t15-,17+;/m0./s1. The Morgan fingerprint density at radius 3 is 2.15 bits per heavy atom. The van der Waals surface area contributed by atoms with Gasteiger partial charge in [0.15, 0.2) is 0 Å². The molecule has 9 heteroatoms. The molecule has 2 atom stereocenters. The highest BCUT2D eigenvalue weighted by Crippen LogP contribution is 2.36. The molecule has 0 bridgehead atoms. The Hall–Kier alpha value is -3.10. The van der Waals surface area contributed by atoms with Gasteiger partial charge in [-0.25, -0.2) is 4.79 Å². The molecule has 3 aromatic carbocycles. The quantitative estimate of drug-likeness (QED) is 0.276. The Balaban J connectivity index is 0.000000371. The Morgan fingerprint density at radius 2 is 1.60 bits per heavy atom. The number of carbonyl (C=O) groups excluding carboxylic acids is 1. The molecule has 0 saturated carbocycles. The van der Waals surface area contributed by atoms with E-state index in [1.165, 1.54) is 35.4 Å². The first kappa shape index (κ1) is 31.4. The Morgan fingerprint density at radius 1 is 1.00 bits per heavy atom. The predicted octanol–water partition coefficient (Wildman–Crippen LogP) is 5.84. The molecule has 0 spiro atoms. The van der Waals surface area contributed by atoms with E-state index in [4.69, 9.17) is 33.4 Å². The highest BCUT2D eigenvalue weighted by molar-refractivity contribution is 6.36. The third-order valence-corrected chi connectivity index (χ3v) is 7.73. The SMILES string of the molecule is C[C@H]1c2cccc(CCC(C)(C)O)c2C[C@H](CO)N1C(=O)Cc1c(Cl)cccc1Cl.O=C(O)c1ccc(O)cc1. The van der Waals surface area contributed by atoms with Crippen molar-refractivity contribution in [3.8, 4) is 5.75 Å². The maximum absolute atomic E-state index is 13.3. The summed E-state index contributed by atoms with van der Waals surface area (Å²) in [7, 11) is 0. The number of benzene rings is 3. The predicted molar refractivity (Wildman–Crippen MR) is 156 cm³/mol. The second-order valence-electron chi connectivity index (χ2n) is 10.5. The number of carbonyl (C=O) groups is 2. The molecule has 0 aliphatic carbocycles. The van der Waals surface area contributed by atoms with Crippen molar-refractivity contribution in [2.75, 3.05) is 6.61 Å². The van der Waals surface area contributed by atoms with Gasteiger partial charge >= 0.3 is 5.97 Å². The fraction of sp³-hybridized carbons (Fsp3) is 0.355. The number of phenols is 1. The van der Waals surface area contributed by atoms with Crippen molar-refractivity contribution in [2.45, 2.75) is 64.1 Å². The largest absolute Gasteiger partial charge is 0.508 e. The van der Waals surface area contributed by atoms with Crippen molar-refractivity contribution in [1.82, 2.24) is 4.90 Å². The normalized spacial score (nSPS) is 16.5. The van der Waals surface area contributed by atoms with Crippen molar-refractivity contribution in [2.24, 2.45) is 0 Å². The van der Waals surface area contributed by atoms with Gasteiger partial charge in [0, 0.05) is 10.0 Å². The molecule has 4 N–H and O–H groups in total. The number of aromatic carboxylic acids is 1. The van der Waals surface area contributed by atoms with E-state index in [1.54, 1.807) is 23.1 Å². The molecule has 0 radical (unpaired) electrons. The Bertz CT molecular complexity index is 1320. The fourth-order valence-electron chi connectivity index (χ4n) is 4.89. The van der Waals surface area contributed by atoms with Crippen LogP contribution in [0.5, 0.6) is 5.75 Å².